The third-order valence-electron chi connectivity index (χ3n) is 3.86. The van der Waals surface area contributed by atoms with Crippen LogP contribution >= 0.6 is 0 Å². The van der Waals surface area contributed by atoms with Crippen LogP contribution in [0.3, 0.4) is 0 Å². The van der Waals surface area contributed by atoms with Crippen molar-refractivity contribution in [2.45, 2.75) is 26.0 Å². The highest BCUT2D eigenvalue weighted by atomic mass is 16.6. The number of benzene rings is 2. The van der Waals surface area contributed by atoms with Gasteiger partial charge in [-0.05, 0) is 23.3 Å². The molecule has 3 rings (SSSR count). The minimum atomic E-state index is -0.270. The van der Waals surface area contributed by atoms with Gasteiger partial charge in [-0.3, -0.25) is 9.59 Å². The molecule has 0 saturated carbocycles. The second kappa shape index (κ2) is 7.61. The summed E-state index contributed by atoms with van der Waals surface area (Å²) in [5, 5.41) is 9.45. The number of nitrogens with one attached hydrogen (secondary N) is 2. The molecule has 6 heteroatoms. The summed E-state index contributed by atoms with van der Waals surface area (Å²) in [6.45, 7) is 1.94. The Bertz CT molecular complexity index is 785. The van der Waals surface area contributed by atoms with E-state index in [0.29, 0.717) is 24.4 Å². The van der Waals surface area contributed by atoms with E-state index in [2.05, 4.69) is 15.8 Å². The SMILES string of the molecule is CC(=O)NCc1ccc(NC(=O)C2=NO[C@H](c3ccccc3)C2)cc1. The number of carbonyl (C=O) groups is 2. The Morgan fingerprint density at radius 3 is 2.52 bits per heavy atom. The minimum absolute atomic E-state index is 0.0791. The van der Waals surface area contributed by atoms with Gasteiger partial charge in [-0.1, -0.05) is 47.6 Å². The number of carbonyl (C=O) groups excluding carboxylic acids is 2. The lowest BCUT2D eigenvalue weighted by atomic mass is 10.0. The molecule has 2 aromatic carbocycles. The van der Waals surface area contributed by atoms with Gasteiger partial charge in [0.05, 0.1) is 0 Å². The van der Waals surface area contributed by atoms with E-state index in [1.807, 2.05) is 42.5 Å². The molecule has 2 aromatic rings. The number of nitrogens with zero attached hydrogens (tertiary/aromatic N) is 1. The molecule has 0 aromatic heterocycles. The molecule has 128 valence electrons. The van der Waals surface area contributed by atoms with E-state index >= 15 is 0 Å². The summed E-state index contributed by atoms with van der Waals surface area (Å²) in [5.74, 6) is -0.349. The zero-order chi connectivity index (χ0) is 17.6. The van der Waals surface area contributed by atoms with Crippen molar-refractivity contribution in [1.29, 1.82) is 0 Å². The lowest BCUT2D eigenvalue weighted by Crippen LogP contribution is -2.22. The lowest BCUT2D eigenvalue weighted by molar-refractivity contribution is -0.119. The van der Waals surface area contributed by atoms with Crippen LogP contribution in [0.15, 0.2) is 59.8 Å². The fourth-order valence-corrected chi connectivity index (χ4v) is 2.49. The van der Waals surface area contributed by atoms with Crippen LogP contribution < -0.4 is 10.6 Å². The van der Waals surface area contributed by atoms with E-state index < -0.39 is 0 Å². The van der Waals surface area contributed by atoms with Gasteiger partial charge in [0, 0.05) is 25.6 Å². The maximum atomic E-state index is 12.3. The predicted octanol–water partition coefficient (Wildman–Crippen LogP) is 2.78. The minimum Gasteiger partial charge on any atom is -0.387 e. The third-order valence-corrected chi connectivity index (χ3v) is 3.86. The number of hydrogen-bond donors (Lipinski definition) is 2. The summed E-state index contributed by atoms with van der Waals surface area (Å²) in [7, 11) is 0. The van der Waals surface area contributed by atoms with Crippen LogP contribution in [-0.4, -0.2) is 17.5 Å². The van der Waals surface area contributed by atoms with Crippen molar-refractivity contribution >= 4 is 23.2 Å². The van der Waals surface area contributed by atoms with Crippen LogP contribution in [0.25, 0.3) is 0 Å². The first-order chi connectivity index (χ1) is 12.1. The van der Waals surface area contributed by atoms with Gasteiger partial charge in [0.1, 0.15) is 5.71 Å². The molecule has 0 unspecified atom stereocenters. The highest BCUT2D eigenvalue weighted by Gasteiger charge is 2.27. The van der Waals surface area contributed by atoms with Gasteiger partial charge in [-0.2, -0.15) is 0 Å². The average Bonchev–Trinajstić information content (AvgIpc) is 3.12. The predicted molar refractivity (Wildman–Crippen MR) is 94.9 cm³/mol. The van der Waals surface area contributed by atoms with Crippen LogP contribution in [0.2, 0.25) is 0 Å². The molecule has 2 N–H and O–H groups in total. The summed E-state index contributed by atoms with van der Waals surface area (Å²) in [6.07, 6.45) is 0.221. The summed E-state index contributed by atoms with van der Waals surface area (Å²) < 4.78 is 0. The summed E-state index contributed by atoms with van der Waals surface area (Å²) in [4.78, 5) is 28.6. The van der Waals surface area contributed by atoms with Gasteiger partial charge in [-0.15, -0.1) is 0 Å². The van der Waals surface area contributed by atoms with Crippen molar-refractivity contribution in [3.05, 3.63) is 65.7 Å². The molecular formula is C19H19N3O3. The molecule has 25 heavy (non-hydrogen) atoms. The Hall–Kier alpha value is -3.15. The van der Waals surface area contributed by atoms with Crippen LogP contribution in [0.1, 0.15) is 30.6 Å². The molecule has 0 fully saturated rings. The number of anilines is 1. The maximum Gasteiger partial charge on any atom is 0.273 e. The topological polar surface area (TPSA) is 79.8 Å². The summed E-state index contributed by atoms with van der Waals surface area (Å²) in [5.41, 5.74) is 2.99. The molecule has 1 aliphatic heterocycles. The van der Waals surface area contributed by atoms with Gasteiger partial charge in [0.15, 0.2) is 6.10 Å². The smallest absolute Gasteiger partial charge is 0.273 e. The van der Waals surface area contributed by atoms with E-state index in [0.717, 1.165) is 11.1 Å². The van der Waals surface area contributed by atoms with Crippen LogP contribution in [0.4, 0.5) is 5.69 Å². The second-order valence-electron chi connectivity index (χ2n) is 5.81. The Morgan fingerprint density at radius 1 is 1.12 bits per heavy atom. The van der Waals surface area contributed by atoms with E-state index in [1.54, 1.807) is 12.1 Å². The van der Waals surface area contributed by atoms with Crippen molar-refractivity contribution in [2.75, 3.05) is 5.32 Å². The molecule has 0 radical (unpaired) electrons. The Labute approximate surface area is 145 Å². The van der Waals surface area contributed by atoms with E-state index in [-0.39, 0.29) is 17.9 Å². The van der Waals surface area contributed by atoms with Crippen LogP contribution in [0, 0.1) is 0 Å². The number of rotatable bonds is 5. The van der Waals surface area contributed by atoms with Crippen molar-refractivity contribution in [2.24, 2.45) is 5.16 Å². The maximum absolute atomic E-state index is 12.3. The van der Waals surface area contributed by atoms with Gasteiger partial charge < -0.3 is 15.5 Å². The largest absolute Gasteiger partial charge is 0.387 e. The third kappa shape index (κ3) is 4.44. The fraction of sp³-hybridized carbons (Fsp3) is 0.211. The monoisotopic (exact) mass is 337 g/mol. The van der Waals surface area contributed by atoms with Crippen molar-refractivity contribution < 1.29 is 14.4 Å². The molecular weight excluding hydrogens is 318 g/mol. The first kappa shape index (κ1) is 16.7. The molecule has 1 atom stereocenters. The Morgan fingerprint density at radius 2 is 1.84 bits per heavy atom. The van der Waals surface area contributed by atoms with Crippen LogP contribution in [0.5, 0.6) is 0 Å². The average molecular weight is 337 g/mol. The zero-order valence-electron chi connectivity index (χ0n) is 13.9. The molecule has 0 aliphatic carbocycles. The summed E-state index contributed by atoms with van der Waals surface area (Å²) in [6, 6.07) is 17.0. The fourth-order valence-electron chi connectivity index (χ4n) is 2.49. The molecule has 1 aliphatic rings. The number of hydrogen-bond acceptors (Lipinski definition) is 4. The highest BCUT2D eigenvalue weighted by Crippen LogP contribution is 2.27. The first-order valence-corrected chi connectivity index (χ1v) is 8.04. The normalized spacial score (nSPS) is 15.9. The molecule has 0 spiro atoms. The number of amides is 2. The van der Waals surface area contributed by atoms with E-state index in [4.69, 9.17) is 4.84 Å². The van der Waals surface area contributed by atoms with Gasteiger partial charge in [0.2, 0.25) is 5.91 Å². The standard InChI is InChI=1S/C19H19N3O3/c1-13(23)20-12-14-7-9-16(10-8-14)21-19(24)17-11-18(25-22-17)15-5-3-2-4-6-15/h2-10,18H,11-12H2,1H3,(H,20,23)(H,21,24)/t18-/m0/s1. The summed E-state index contributed by atoms with van der Waals surface area (Å²) >= 11 is 0. The first-order valence-electron chi connectivity index (χ1n) is 8.04. The molecule has 0 saturated heterocycles. The Balaban J connectivity index is 1.55. The van der Waals surface area contributed by atoms with E-state index in [9.17, 15) is 9.59 Å². The lowest BCUT2D eigenvalue weighted by Gasteiger charge is -2.08. The quantitative estimate of drug-likeness (QED) is 0.880. The molecule has 6 nitrogen and oxygen atoms in total. The number of oxime groups is 1. The Kier molecular flexibility index (Phi) is 5.09. The molecule has 1 heterocycles. The van der Waals surface area contributed by atoms with Crippen molar-refractivity contribution in [1.82, 2.24) is 5.32 Å². The molecule has 2 amide bonds. The second-order valence-corrected chi connectivity index (χ2v) is 5.81. The van der Waals surface area contributed by atoms with Gasteiger partial charge >= 0.3 is 0 Å². The van der Waals surface area contributed by atoms with Crippen LogP contribution in [-0.2, 0) is 21.0 Å². The van der Waals surface area contributed by atoms with Gasteiger partial charge in [0.25, 0.3) is 5.91 Å². The van der Waals surface area contributed by atoms with Crippen molar-refractivity contribution in [3.63, 3.8) is 0 Å². The van der Waals surface area contributed by atoms with Crippen molar-refractivity contribution in [3.8, 4) is 0 Å². The molecule has 0 bridgehead atoms. The zero-order valence-corrected chi connectivity index (χ0v) is 13.9. The van der Waals surface area contributed by atoms with E-state index in [1.165, 1.54) is 6.92 Å². The van der Waals surface area contributed by atoms with Gasteiger partial charge in [-0.25, -0.2) is 0 Å². The highest BCUT2D eigenvalue weighted by molar-refractivity contribution is 6.43.